The number of nitrogens with one attached hydrogen (secondary N) is 1. The lowest BCUT2D eigenvalue weighted by Crippen LogP contribution is -2.16. The smallest absolute Gasteiger partial charge is 0.339 e. The Morgan fingerprint density at radius 3 is 2.73 bits per heavy atom. The first-order valence-electron chi connectivity index (χ1n) is 9.44. The highest BCUT2D eigenvalue weighted by molar-refractivity contribution is 7.15. The number of benzene rings is 1. The normalized spacial score (nSPS) is 11.5. The van der Waals surface area contributed by atoms with E-state index >= 15 is 0 Å². The van der Waals surface area contributed by atoms with Gasteiger partial charge in [-0.3, -0.25) is 4.79 Å². The lowest BCUT2D eigenvalue weighted by Gasteiger charge is -2.10. The van der Waals surface area contributed by atoms with E-state index in [1.165, 1.54) is 11.3 Å². The molecular weight excluding hydrogens is 406 g/mol. The number of aryl methyl sites for hydroxylation is 3. The molecule has 0 radical (unpaired) electrons. The maximum absolute atomic E-state index is 12.6. The van der Waals surface area contributed by atoms with Crippen LogP contribution in [0.4, 0.5) is 5.13 Å². The van der Waals surface area contributed by atoms with Crippen LogP contribution in [0.5, 0.6) is 0 Å². The van der Waals surface area contributed by atoms with Crippen molar-refractivity contribution in [2.45, 2.75) is 40.2 Å². The second kappa shape index (κ2) is 8.00. The molecule has 0 saturated carbocycles. The Labute approximate surface area is 175 Å². The van der Waals surface area contributed by atoms with Gasteiger partial charge >= 0.3 is 5.63 Å². The second-order valence-corrected chi connectivity index (χ2v) is 8.21. The van der Waals surface area contributed by atoms with Gasteiger partial charge < -0.3 is 18.9 Å². The first-order valence-corrected chi connectivity index (χ1v) is 10.3. The van der Waals surface area contributed by atoms with Crippen molar-refractivity contribution >= 4 is 44.3 Å². The van der Waals surface area contributed by atoms with Crippen LogP contribution in [0.2, 0.25) is 0 Å². The van der Waals surface area contributed by atoms with Crippen LogP contribution < -0.4 is 10.9 Å². The van der Waals surface area contributed by atoms with Crippen LogP contribution >= 0.6 is 11.3 Å². The van der Waals surface area contributed by atoms with E-state index in [1.54, 1.807) is 13.4 Å². The standard InChI is InChI=1S/C21H21N3O5S/c1-10-8-28-18-12(3)19-15(7-14(10)18)11(2)13(20(26)29-19)5-6-16(25)22-21-24-23-17(30-21)9-27-4/h7-8H,5-6,9H2,1-4H3,(H,22,24,25). The summed E-state index contributed by atoms with van der Waals surface area (Å²) in [6.07, 6.45) is 2.09. The summed E-state index contributed by atoms with van der Waals surface area (Å²) in [6, 6.07) is 1.98. The third-order valence-corrected chi connectivity index (χ3v) is 5.93. The summed E-state index contributed by atoms with van der Waals surface area (Å²) in [7, 11) is 1.57. The fourth-order valence-electron chi connectivity index (χ4n) is 3.51. The fraction of sp³-hybridized carbons (Fsp3) is 0.333. The van der Waals surface area contributed by atoms with Crippen molar-refractivity contribution in [2.75, 3.05) is 12.4 Å². The zero-order valence-corrected chi connectivity index (χ0v) is 17.9. The number of carbonyl (C=O) groups is 1. The van der Waals surface area contributed by atoms with Gasteiger partial charge in [0, 0.05) is 35.4 Å². The number of aromatic nitrogens is 2. The number of hydrogen-bond donors (Lipinski definition) is 1. The zero-order valence-electron chi connectivity index (χ0n) is 17.1. The van der Waals surface area contributed by atoms with Crippen LogP contribution in [0, 0.1) is 20.8 Å². The molecule has 1 N–H and O–H groups in total. The Hall–Kier alpha value is -3.04. The largest absolute Gasteiger partial charge is 0.464 e. The predicted octanol–water partition coefficient (Wildman–Crippen LogP) is 4.03. The molecule has 4 aromatic rings. The van der Waals surface area contributed by atoms with Gasteiger partial charge in [0.05, 0.1) is 6.26 Å². The summed E-state index contributed by atoms with van der Waals surface area (Å²) < 4.78 is 16.2. The third-order valence-electron chi connectivity index (χ3n) is 5.12. The minimum atomic E-state index is -0.433. The lowest BCUT2D eigenvalue weighted by molar-refractivity contribution is -0.116. The molecule has 0 aliphatic rings. The molecule has 0 unspecified atom stereocenters. The number of anilines is 1. The molecule has 0 bridgehead atoms. The number of ether oxygens (including phenoxy) is 1. The van der Waals surface area contributed by atoms with Gasteiger partial charge in [-0.05, 0) is 44.4 Å². The molecule has 1 amide bonds. The highest BCUT2D eigenvalue weighted by atomic mass is 32.1. The lowest BCUT2D eigenvalue weighted by atomic mass is 9.98. The Balaban J connectivity index is 1.59. The first-order chi connectivity index (χ1) is 14.4. The average molecular weight is 427 g/mol. The molecule has 0 aliphatic carbocycles. The quantitative estimate of drug-likeness (QED) is 0.463. The SMILES string of the molecule is COCc1nnc(NC(=O)CCc2c(C)c3cc4c(C)coc4c(C)c3oc2=O)s1. The molecular formula is C21H21N3O5S. The Morgan fingerprint density at radius 1 is 1.17 bits per heavy atom. The van der Waals surface area contributed by atoms with Crippen LogP contribution in [0.3, 0.4) is 0 Å². The molecule has 30 heavy (non-hydrogen) atoms. The van der Waals surface area contributed by atoms with Gasteiger partial charge in [-0.15, -0.1) is 10.2 Å². The highest BCUT2D eigenvalue weighted by Gasteiger charge is 2.18. The molecule has 9 heteroatoms. The van der Waals surface area contributed by atoms with Gasteiger partial charge in [-0.1, -0.05) is 11.3 Å². The topological polar surface area (TPSA) is 107 Å². The van der Waals surface area contributed by atoms with Crippen LogP contribution in [0.15, 0.2) is 26.0 Å². The number of rotatable bonds is 6. The summed E-state index contributed by atoms with van der Waals surface area (Å²) in [5, 5.41) is 13.5. The molecule has 3 heterocycles. The van der Waals surface area contributed by atoms with Gasteiger partial charge in [0.2, 0.25) is 11.0 Å². The van der Waals surface area contributed by atoms with Crippen molar-refractivity contribution in [1.29, 1.82) is 0 Å². The van der Waals surface area contributed by atoms with E-state index < -0.39 is 5.63 Å². The molecule has 0 spiro atoms. The van der Waals surface area contributed by atoms with E-state index in [1.807, 2.05) is 26.8 Å². The molecule has 3 aromatic heterocycles. The van der Waals surface area contributed by atoms with Gasteiger partial charge in [0.15, 0.2) is 0 Å². The molecule has 156 valence electrons. The van der Waals surface area contributed by atoms with Crippen LogP contribution in [0.1, 0.15) is 33.7 Å². The van der Waals surface area contributed by atoms with E-state index in [0.29, 0.717) is 27.9 Å². The van der Waals surface area contributed by atoms with E-state index in [-0.39, 0.29) is 18.7 Å². The summed E-state index contributed by atoms with van der Waals surface area (Å²) >= 11 is 1.25. The van der Waals surface area contributed by atoms with Gasteiger partial charge in [-0.25, -0.2) is 4.79 Å². The van der Waals surface area contributed by atoms with Gasteiger partial charge in [-0.2, -0.15) is 0 Å². The Bertz CT molecular complexity index is 1320. The van der Waals surface area contributed by atoms with Crippen molar-refractivity contribution in [3.05, 3.63) is 50.0 Å². The number of amides is 1. The van der Waals surface area contributed by atoms with E-state index in [2.05, 4.69) is 15.5 Å². The highest BCUT2D eigenvalue weighted by Crippen LogP contribution is 2.32. The molecule has 4 rings (SSSR count). The summed E-state index contributed by atoms with van der Waals surface area (Å²) in [4.78, 5) is 25.0. The van der Waals surface area contributed by atoms with Crippen LogP contribution in [-0.2, 0) is 22.6 Å². The number of hydrogen-bond acceptors (Lipinski definition) is 8. The summed E-state index contributed by atoms with van der Waals surface area (Å²) in [5.41, 5.74) is 3.94. The molecule has 1 aromatic carbocycles. The van der Waals surface area contributed by atoms with Gasteiger partial charge in [0.1, 0.15) is 22.8 Å². The van der Waals surface area contributed by atoms with Crippen molar-refractivity contribution in [3.63, 3.8) is 0 Å². The average Bonchev–Trinajstić information content (AvgIpc) is 3.30. The maximum atomic E-state index is 12.6. The number of fused-ring (bicyclic) bond motifs is 2. The number of carbonyl (C=O) groups excluding carboxylic acids is 1. The molecule has 8 nitrogen and oxygen atoms in total. The number of nitrogens with zero attached hydrogens (tertiary/aromatic N) is 2. The minimum Gasteiger partial charge on any atom is -0.464 e. The minimum absolute atomic E-state index is 0.127. The monoisotopic (exact) mass is 427 g/mol. The summed E-state index contributed by atoms with van der Waals surface area (Å²) in [6.45, 7) is 6.08. The van der Waals surface area contributed by atoms with Crippen molar-refractivity contribution in [3.8, 4) is 0 Å². The fourth-order valence-corrected chi connectivity index (χ4v) is 4.24. The van der Waals surface area contributed by atoms with Crippen molar-refractivity contribution in [2.24, 2.45) is 0 Å². The second-order valence-electron chi connectivity index (χ2n) is 7.15. The molecule has 0 atom stereocenters. The van der Waals surface area contributed by atoms with E-state index in [0.717, 1.165) is 33.0 Å². The molecule has 0 aliphatic heterocycles. The van der Waals surface area contributed by atoms with Crippen LogP contribution in [0.25, 0.3) is 21.9 Å². The van der Waals surface area contributed by atoms with Gasteiger partial charge in [0.25, 0.3) is 0 Å². The number of furan rings is 1. The molecule has 0 fully saturated rings. The first kappa shape index (κ1) is 20.2. The Morgan fingerprint density at radius 2 is 1.97 bits per heavy atom. The maximum Gasteiger partial charge on any atom is 0.339 e. The number of methoxy groups -OCH3 is 1. The van der Waals surface area contributed by atoms with E-state index in [9.17, 15) is 9.59 Å². The van der Waals surface area contributed by atoms with E-state index in [4.69, 9.17) is 13.6 Å². The predicted molar refractivity (Wildman–Crippen MR) is 114 cm³/mol. The third kappa shape index (κ3) is 3.61. The Kier molecular flexibility index (Phi) is 5.40. The zero-order chi connectivity index (χ0) is 21.4. The van der Waals surface area contributed by atoms with Crippen molar-refractivity contribution < 1.29 is 18.4 Å². The molecule has 0 saturated heterocycles. The summed E-state index contributed by atoms with van der Waals surface area (Å²) in [5.74, 6) is -0.244. The van der Waals surface area contributed by atoms with Crippen LogP contribution in [-0.4, -0.2) is 23.2 Å². The van der Waals surface area contributed by atoms with Crippen molar-refractivity contribution in [1.82, 2.24) is 10.2 Å².